The van der Waals surface area contributed by atoms with Gasteiger partial charge in [0.15, 0.2) is 0 Å². The third kappa shape index (κ3) is 11.7. The van der Waals surface area contributed by atoms with E-state index in [9.17, 15) is 4.79 Å². The lowest BCUT2D eigenvalue weighted by molar-refractivity contribution is -0.137. The van der Waals surface area contributed by atoms with Gasteiger partial charge in [0.2, 0.25) is 0 Å². The predicted octanol–water partition coefficient (Wildman–Crippen LogP) is 5.67. The summed E-state index contributed by atoms with van der Waals surface area (Å²) in [5.74, 6) is 0.265. The number of Topliss-reactive ketones (excluding diaryl/α,β-unsaturated/α-hetero) is 1. The van der Waals surface area contributed by atoms with Gasteiger partial charge in [0, 0.05) is 26.5 Å². The molecule has 0 saturated carbocycles. The van der Waals surface area contributed by atoms with Gasteiger partial charge in [0.1, 0.15) is 12.6 Å². The fourth-order valence-corrected chi connectivity index (χ4v) is 5.39. The van der Waals surface area contributed by atoms with E-state index in [2.05, 4.69) is 45.0 Å². The summed E-state index contributed by atoms with van der Waals surface area (Å²) >= 11 is 0. The highest BCUT2D eigenvalue weighted by molar-refractivity contribution is 6.81. The van der Waals surface area contributed by atoms with E-state index in [1.54, 1.807) is 0 Å². The van der Waals surface area contributed by atoms with Crippen molar-refractivity contribution in [3.05, 3.63) is 11.3 Å². The van der Waals surface area contributed by atoms with E-state index in [-0.39, 0.29) is 23.4 Å². The number of rotatable bonds is 10. The average Bonchev–Trinajstić information content (AvgIpc) is 2.46. The fraction of sp³-hybridized carbons (Fsp3) is 0.864. The molecule has 1 heterocycles. The molecule has 0 amide bonds. The molecule has 0 aliphatic carbocycles. The van der Waals surface area contributed by atoms with E-state index in [0.29, 0.717) is 19.8 Å². The Morgan fingerprint density at radius 2 is 1.68 bits per heavy atom. The molecule has 0 spiro atoms. The van der Waals surface area contributed by atoms with Gasteiger partial charge in [-0.25, -0.2) is 0 Å². The van der Waals surface area contributed by atoms with Crippen LogP contribution in [0, 0.1) is 5.41 Å². The molecule has 0 aromatic rings. The molecule has 0 bridgehead atoms. The van der Waals surface area contributed by atoms with Gasteiger partial charge in [0.05, 0.1) is 26.9 Å². The van der Waals surface area contributed by atoms with Crippen molar-refractivity contribution < 1.29 is 19.0 Å². The zero-order chi connectivity index (χ0) is 21.6. The zero-order valence-electron chi connectivity index (χ0n) is 19.8. The van der Waals surface area contributed by atoms with Crippen molar-refractivity contribution in [1.29, 1.82) is 0 Å². The Labute approximate surface area is 175 Å². The molecule has 1 saturated heterocycles. The summed E-state index contributed by atoms with van der Waals surface area (Å²) < 4.78 is 17.6. The van der Waals surface area contributed by atoms with Crippen LogP contribution in [0.3, 0.4) is 0 Å². The second kappa shape index (κ2) is 10.7. The molecule has 28 heavy (non-hydrogen) atoms. The van der Waals surface area contributed by atoms with Crippen LogP contribution < -0.4 is 0 Å². The second-order valence-corrected chi connectivity index (χ2v) is 22.2. The lowest BCUT2D eigenvalue weighted by atomic mass is 9.85. The number of ketones is 1. The van der Waals surface area contributed by atoms with Gasteiger partial charge in [-0.2, -0.15) is 0 Å². The first-order valence-corrected chi connectivity index (χ1v) is 18.0. The third-order valence-corrected chi connectivity index (χ3v) is 7.70. The molecule has 2 atom stereocenters. The van der Waals surface area contributed by atoms with Gasteiger partial charge in [-0.15, -0.1) is 0 Å². The molecule has 1 rings (SSSR count). The molecule has 0 aromatic carbocycles. The smallest absolute Gasteiger partial charge is 0.146 e. The highest BCUT2D eigenvalue weighted by atomic mass is 28.3. The minimum Gasteiger partial charge on any atom is -0.371 e. The summed E-state index contributed by atoms with van der Waals surface area (Å²) in [6, 6.07) is 1.15. The van der Waals surface area contributed by atoms with Crippen LogP contribution in [0.25, 0.3) is 0 Å². The van der Waals surface area contributed by atoms with Gasteiger partial charge in [-0.05, 0) is 18.9 Å². The molecule has 1 aliphatic rings. The van der Waals surface area contributed by atoms with Gasteiger partial charge >= 0.3 is 0 Å². The highest BCUT2D eigenvalue weighted by Gasteiger charge is 2.31. The van der Waals surface area contributed by atoms with E-state index in [1.807, 2.05) is 20.8 Å². The molecule has 1 fully saturated rings. The first-order chi connectivity index (χ1) is 12.7. The van der Waals surface area contributed by atoms with Crippen LogP contribution in [0.15, 0.2) is 11.3 Å². The van der Waals surface area contributed by atoms with Crippen molar-refractivity contribution in [3.8, 4) is 0 Å². The largest absolute Gasteiger partial charge is 0.371 e. The molecular weight excluding hydrogens is 384 g/mol. The monoisotopic (exact) mass is 428 g/mol. The number of hydrogen-bond acceptors (Lipinski definition) is 4. The van der Waals surface area contributed by atoms with E-state index in [0.717, 1.165) is 25.5 Å². The standard InChI is InChI=1S/C22H44O4Si2/c1-22(2,3)21(23)14-19-12-18(16-28(7,8)9)13-20(26-19)15-25-17-24-10-11-27(4,5)6/h16,19-20H,10-15,17H2,1-9H3/b18-16-/t19-,20+/m1/s1. The minimum absolute atomic E-state index is 0.00899. The minimum atomic E-state index is -1.31. The SMILES string of the molecule is CC(C)(C)C(=O)C[C@H]1C/C(=C/[Si](C)(C)C)C[C@@H](COCOCC[Si](C)(C)C)O1. The van der Waals surface area contributed by atoms with Crippen LogP contribution in [0.5, 0.6) is 0 Å². The van der Waals surface area contributed by atoms with E-state index < -0.39 is 16.1 Å². The average molecular weight is 429 g/mol. The van der Waals surface area contributed by atoms with Gasteiger partial charge < -0.3 is 14.2 Å². The van der Waals surface area contributed by atoms with Crippen molar-refractivity contribution in [1.82, 2.24) is 0 Å². The Morgan fingerprint density at radius 3 is 2.21 bits per heavy atom. The third-order valence-electron chi connectivity index (χ3n) is 4.72. The van der Waals surface area contributed by atoms with E-state index in [4.69, 9.17) is 14.2 Å². The fourth-order valence-electron chi connectivity index (χ4n) is 3.17. The molecule has 4 nitrogen and oxygen atoms in total. The maximum Gasteiger partial charge on any atom is 0.146 e. The first-order valence-electron chi connectivity index (χ1n) is 10.7. The summed E-state index contributed by atoms with van der Waals surface area (Å²) in [6.07, 6.45) is 2.23. The van der Waals surface area contributed by atoms with Crippen LogP contribution in [-0.2, 0) is 19.0 Å². The maximum absolute atomic E-state index is 12.5. The summed E-state index contributed by atoms with van der Waals surface area (Å²) in [6.45, 7) is 21.6. The predicted molar refractivity (Wildman–Crippen MR) is 123 cm³/mol. The van der Waals surface area contributed by atoms with Gasteiger partial charge in [0.25, 0.3) is 0 Å². The van der Waals surface area contributed by atoms with Crippen LogP contribution in [0.1, 0.15) is 40.0 Å². The van der Waals surface area contributed by atoms with Gasteiger partial charge in [-0.1, -0.05) is 71.3 Å². The normalized spacial score (nSPS) is 23.2. The topological polar surface area (TPSA) is 44.8 Å². The quantitative estimate of drug-likeness (QED) is 0.255. The van der Waals surface area contributed by atoms with Gasteiger partial charge in [-0.3, -0.25) is 4.79 Å². The molecule has 164 valence electrons. The van der Waals surface area contributed by atoms with E-state index in [1.165, 1.54) is 5.57 Å². The summed E-state index contributed by atoms with van der Waals surface area (Å²) in [5, 5.41) is 0. The number of ether oxygens (including phenoxy) is 3. The second-order valence-electron chi connectivity index (χ2n) is 11.5. The Bertz CT molecular complexity index is 524. The number of carbonyl (C=O) groups excluding carboxylic acids is 1. The summed E-state index contributed by atoms with van der Waals surface area (Å²) in [5.41, 5.74) is 3.59. The van der Waals surface area contributed by atoms with Crippen molar-refractivity contribution >= 4 is 21.9 Å². The molecule has 1 aliphatic heterocycles. The van der Waals surface area contributed by atoms with E-state index >= 15 is 0 Å². The molecule has 0 unspecified atom stereocenters. The van der Waals surface area contributed by atoms with Crippen molar-refractivity contribution in [2.45, 2.75) is 97.6 Å². The Morgan fingerprint density at radius 1 is 1.07 bits per heavy atom. The lowest BCUT2D eigenvalue weighted by Crippen LogP contribution is -2.36. The maximum atomic E-state index is 12.5. The Kier molecular flexibility index (Phi) is 9.81. The number of carbonyl (C=O) groups is 1. The Hall–Kier alpha value is -0.276. The molecule has 6 heteroatoms. The van der Waals surface area contributed by atoms with Crippen LogP contribution in [0.4, 0.5) is 0 Å². The Balaban J connectivity index is 2.58. The molecule has 0 radical (unpaired) electrons. The van der Waals surface area contributed by atoms with Crippen LogP contribution in [0.2, 0.25) is 45.3 Å². The summed E-state index contributed by atoms with van der Waals surface area (Å²) in [4.78, 5) is 12.5. The van der Waals surface area contributed by atoms with Crippen LogP contribution >= 0.6 is 0 Å². The van der Waals surface area contributed by atoms with Crippen molar-refractivity contribution in [2.75, 3.05) is 20.0 Å². The lowest BCUT2D eigenvalue weighted by Gasteiger charge is -2.34. The molecule has 0 aromatic heterocycles. The first kappa shape index (κ1) is 25.8. The number of hydrogen-bond donors (Lipinski definition) is 0. The van der Waals surface area contributed by atoms with Crippen molar-refractivity contribution in [2.24, 2.45) is 5.41 Å². The molecule has 0 N–H and O–H groups in total. The van der Waals surface area contributed by atoms with Crippen molar-refractivity contribution in [3.63, 3.8) is 0 Å². The molecular formula is C22H44O4Si2. The summed E-state index contributed by atoms with van der Waals surface area (Å²) in [7, 11) is -2.37. The van der Waals surface area contributed by atoms with Crippen LogP contribution in [-0.4, -0.2) is 54.1 Å². The zero-order valence-corrected chi connectivity index (χ0v) is 21.8. The highest BCUT2D eigenvalue weighted by Crippen LogP contribution is 2.30.